The zero-order valence-electron chi connectivity index (χ0n) is 23.2. The summed E-state index contributed by atoms with van der Waals surface area (Å²) in [7, 11) is 0. The summed E-state index contributed by atoms with van der Waals surface area (Å²) in [6.07, 6.45) is -3.34. The molecule has 3 atom stereocenters. The van der Waals surface area contributed by atoms with E-state index in [-0.39, 0.29) is 32.0 Å². The van der Waals surface area contributed by atoms with Gasteiger partial charge in [0.1, 0.15) is 24.4 Å². The molecular weight excluding hydrogens is 539 g/mol. The van der Waals surface area contributed by atoms with E-state index in [0.717, 1.165) is 17.7 Å². The zero-order chi connectivity index (χ0) is 30.0. The topological polar surface area (TPSA) is 135 Å². The number of fused-ring (bicyclic) bond motifs is 1. The molecule has 3 rings (SSSR count). The van der Waals surface area contributed by atoms with E-state index in [9.17, 15) is 27.6 Å². The quantitative estimate of drug-likeness (QED) is 0.377. The van der Waals surface area contributed by atoms with Crippen molar-refractivity contribution < 1.29 is 32.3 Å². The predicted molar refractivity (Wildman–Crippen MR) is 148 cm³/mol. The summed E-state index contributed by atoms with van der Waals surface area (Å²) < 4.78 is 45.9. The second-order valence-electron chi connectivity index (χ2n) is 10.3. The Morgan fingerprint density at radius 2 is 1.71 bits per heavy atom. The average Bonchev–Trinajstić information content (AvgIpc) is 2.93. The van der Waals surface area contributed by atoms with Gasteiger partial charge in [-0.3, -0.25) is 14.4 Å². The molecule has 1 heterocycles. The first kappa shape index (κ1) is 31.9. The summed E-state index contributed by atoms with van der Waals surface area (Å²) in [5, 5.41) is 11.2. The van der Waals surface area contributed by atoms with Crippen molar-refractivity contribution in [3.8, 4) is 5.75 Å². The first-order chi connectivity index (χ1) is 19.5. The van der Waals surface area contributed by atoms with Crippen molar-refractivity contribution in [3.63, 3.8) is 0 Å². The van der Waals surface area contributed by atoms with Crippen LogP contribution in [0.5, 0.6) is 5.75 Å². The molecule has 1 aliphatic rings. The maximum absolute atomic E-state index is 13.4. The Bertz CT molecular complexity index is 1190. The van der Waals surface area contributed by atoms with E-state index in [4.69, 9.17) is 10.5 Å². The van der Waals surface area contributed by atoms with Crippen molar-refractivity contribution in [2.24, 2.45) is 11.7 Å². The normalized spacial score (nSPS) is 21.9. The first-order valence-electron chi connectivity index (χ1n) is 13.7. The maximum Gasteiger partial charge on any atom is 0.416 e. The lowest BCUT2D eigenvalue weighted by molar-refractivity contribution is -0.137. The Morgan fingerprint density at radius 3 is 2.41 bits per heavy atom. The molecule has 41 heavy (non-hydrogen) atoms. The number of carbonyl (C=O) groups excluding carboxylic acids is 3. The van der Waals surface area contributed by atoms with Gasteiger partial charge < -0.3 is 31.7 Å². The number of benzene rings is 2. The Labute approximate surface area is 237 Å². The average molecular weight is 578 g/mol. The number of hydrogen-bond acceptors (Lipinski definition) is 6. The summed E-state index contributed by atoms with van der Waals surface area (Å²) >= 11 is 0. The van der Waals surface area contributed by atoms with Crippen LogP contribution in [0.25, 0.3) is 0 Å². The molecule has 0 saturated carbocycles. The molecule has 12 heteroatoms. The third-order valence-corrected chi connectivity index (χ3v) is 6.77. The maximum atomic E-state index is 13.4. The molecule has 224 valence electrons. The minimum Gasteiger partial charge on any atom is -0.492 e. The number of carbonyl (C=O) groups is 3. The van der Waals surface area contributed by atoms with Gasteiger partial charge >= 0.3 is 6.18 Å². The van der Waals surface area contributed by atoms with Gasteiger partial charge in [0.2, 0.25) is 17.7 Å². The van der Waals surface area contributed by atoms with E-state index in [1.807, 2.05) is 24.3 Å². The molecule has 0 unspecified atom stereocenters. The highest BCUT2D eigenvalue weighted by Crippen LogP contribution is 2.29. The lowest BCUT2D eigenvalue weighted by Crippen LogP contribution is -2.59. The van der Waals surface area contributed by atoms with Crippen LogP contribution < -0.4 is 31.7 Å². The third kappa shape index (κ3) is 9.46. The Hall–Kier alpha value is -3.64. The lowest BCUT2D eigenvalue weighted by Gasteiger charge is -2.27. The number of hydrogen-bond donors (Lipinski definition) is 5. The molecule has 0 aliphatic carbocycles. The highest BCUT2D eigenvalue weighted by molar-refractivity contribution is 5.93. The van der Waals surface area contributed by atoms with Crippen molar-refractivity contribution in [1.29, 1.82) is 0 Å². The third-order valence-electron chi connectivity index (χ3n) is 6.77. The molecule has 0 aromatic heterocycles. The van der Waals surface area contributed by atoms with Gasteiger partial charge in [-0.25, -0.2) is 0 Å². The molecule has 0 fully saturated rings. The summed E-state index contributed by atoms with van der Waals surface area (Å²) in [5.74, 6) is -1.31. The monoisotopic (exact) mass is 577 g/mol. The molecule has 3 amide bonds. The SMILES string of the molecule is CC(C)[C@H]1NC(=O)[C@@H](Cc2cccc(C(F)(F)F)c2)NCCOc2ccccc2CCCNC(=O)[C@H](CN)NC1=O. The number of alkyl halides is 3. The van der Waals surface area contributed by atoms with Gasteiger partial charge in [-0.2, -0.15) is 13.2 Å². The molecule has 0 spiro atoms. The number of nitrogens with two attached hydrogens (primary N) is 1. The van der Waals surface area contributed by atoms with Gasteiger partial charge in [0, 0.05) is 19.6 Å². The highest BCUT2D eigenvalue weighted by atomic mass is 19.4. The minimum absolute atomic E-state index is 0.0629. The van der Waals surface area contributed by atoms with Crippen LogP contribution in [0.2, 0.25) is 0 Å². The first-order valence-corrected chi connectivity index (χ1v) is 13.7. The van der Waals surface area contributed by atoms with Gasteiger partial charge in [0.15, 0.2) is 0 Å². The van der Waals surface area contributed by atoms with Gasteiger partial charge in [0.05, 0.1) is 11.6 Å². The van der Waals surface area contributed by atoms with E-state index < -0.39 is 47.6 Å². The standard InChI is InChI=1S/C29H38F3N5O4/c1-18(2)25-28(40)36-23(17-33)26(38)35-12-6-9-20-8-3-4-11-24(20)41-14-13-34-22(27(39)37-25)16-19-7-5-10-21(15-19)29(30,31)32/h3-5,7-8,10-11,15,18,22-23,25,34H,6,9,12-14,16-17,33H2,1-2H3,(H,35,38)(H,36,40)(H,37,39)/t22-,23+,25-/m1/s1. The Balaban J connectivity index is 1.88. The number of aryl methyl sites for hydroxylation is 1. The van der Waals surface area contributed by atoms with E-state index in [1.54, 1.807) is 13.8 Å². The van der Waals surface area contributed by atoms with E-state index in [1.165, 1.54) is 12.1 Å². The molecule has 2 aromatic rings. The minimum atomic E-state index is -4.53. The fourth-order valence-corrected chi connectivity index (χ4v) is 4.51. The molecular formula is C29H38F3N5O4. The van der Waals surface area contributed by atoms with Crippen LogP contribution in [0.4, 0.5) is 13.2 Å². The van der Waals surface area contributed by atoms with Gasteiger partial charge in [-0.05, 0) is 48.4 Å². The number of halogens is 3. The molecule has 1 aliphatic heterocycles. The van der Waals surface area contributed by atoms with Crippen LogP contribution >= 0.6 is 0 Å². The number of para-hydroxylation sites is 1. The van der Waals surface area contributed by atoms with Gasteiger partial charge in [-0.15, -0.1) is 0 Å². The largest absolute Gasteiger partial charge is 0.492 e. The number of rotatable bonds is 4. The summed E-state index contributed by atoms with van der Waals surface area (Å²) in [4.78, 5) is 39.3. The Kier molecular flexibility index (Phi) is 11.5. The summed E-state index contributed by atoms with van der Waals surface area (Å²) in [6.45, 7) is 4.08. The fraction of sp³-hybridized carbons (Fsp3) is 0.483. The smallest absolute Gasteiger partial charge is 0.416 e. The number of amides is 3. The van der Waals surface area contributed by atoms with Crippen molar-refractivity contribution in [3.05, 3.63) is 65.2 Å². The van der Waals surface area contributed by atoms with Crippen molar-refractivity contribution in [2.45, 2.75) is 57.4 Å². The van der Waals surface area contributed by atoms with Crippen LogP contribution in [-0.4, -0.2) is 62.1 Å². The van der Waals surface area contributed by atoms with Crippen molar-refractivity contribution >= 4 is 17.7 Å². The van der Waals surface area contributed by atoms with Gasteiger partial charge in [0.25, 0.3) is 0 Å². The summed E-state index contributed by atoms with van der Waals surface area (Å²) in [6, 6.07) is 9.24. The highest BCUT2D eigenvalue weighted by Gasteiger charge is 2.32. The number of nitrogens with one attached hydrogen (secondary N) is 4. The van der Waals surface area contributed by atoms with Crippen LogP contribution in [-0.2, 0) is 33.4 Å². The molecule has 9 nitrogen and oxygen atoms in total. The Morgan fingerprint density at radius 1 is 0.951 bits per heavy atom. The van der Waals surface area contributed by atoms with Crippen molar-refractivity contribution in [2.75, 3.05) is 26.2 Å². The molecule has 6 N–H and O–H groups in total. The van der Waals surface area contributed by atoms with E-state index in [0.29, 0.717) is 30.7 Å². The number of ether oxygens (including phenoxy) is 1. The van der Waals surface area contributed by atoms with Gasteiger partial charge in [-0.1, -0.05) is 50.2 Å². The second-order valence-corrected chi connectivity index (χ2v) is 10.3. The fourth-order valence-electron chi connectivity index (χ4n) is 4.51. The summed E-state index contributed by atoms with van der Waals surface area (Å²) in [5.41, 5.74) is 6.18. The lowest BCUT2D eigenvalue weighted by atomic mass is 9.99. The predicted octanol–water partition coefficient (Wildman–Crippen LogP) is 1.93. The van der Waals surface area contributed by atoms with Crippen LogP contribution in [0.1, 0.15) is 37.0 Å². The van der Waals surface area contributed by atoms with E-state index in [2.05, 4.69) is 21.3 Å². The molecule has 0 saturated heterocycles. The molecule has 0 bridgehead atoms. The van der Waals surface area contributed by atoms with Crippen LogP contribution in [0.15, 0.2) is 48.5 Å². The van der Waals surface area contributed by atoms with Crippen molar-refractivity contribution in [1.82, 2.24) is 21.3 Å². The molecule has 2 aromatic carbocycles. The molecule has 0 radical (unpaired) electrons. The van der Waals surface area contributed by atoms with Crippen LogP contribution in [0.3, 0.4) is 0 Å². The zero-order valence-corrected chi connectivity index (χ0v) is 23.2. The van der Waals surface area contributed by atoms with Crippen LogP contribution in [0, 0.1) is 5.92 Å². The van der Waals surface area contributed by atoms with E-state index >= 15 is 0 Å². The second kappa shape index (κ2) is 14.8.